The van der Waals surface area contributed by atoms with Crippen molar-refractivity contribution in [2.45, 2.75) is 115 Å². The fourth-order valence-electron chi connectivity index (χ4n) is 10.3. The van der Waals surface area contributed by atoms with Crippen LogP contribution in [0.1, 0.15) is 131 Å². The lowest BCUT2D eigenvalue weighted by Gasteiger charge is -2.38. The molecule has 0 amide bonds. The molecule has 10 aromatic rings. The van der Waals surface area contributed by atoms with Crippen molar-refractivity contribution in [2.75, 3.05) is 13.6 Å². The van der Waals surface area contributed by atoms with Crippen molar-refractivity contribution in [1.82, 2.24) is 39.5 Å². The molecular weight excluding hydrogens is 1350 g/mol. The van der Waals surface area contributed by atoms with Gasteiger partial charge in [-0.05, 0) is 113 Å². The van der Waals surface area contributed by atoms with Crippen molar-refractivity contribution in [3.63, 3.8) is 0 Å². The Balaban J connectivity index is 0.000000236. The molecule has 0 saturated carbocycles. The first-order chi connectivity index (χ1) is 46.7. The topological polar surface area (TPSA) is 251 Å². The third kappa shape index (κ3) is 18.7. The van der Waals surface area contributed by atoms with Crippen molar-refractivity contribution >= 4 is 54.0 Å². The van der Waals surface area contributed by atoms with Gasteiger partial charge in [0.05, 0.1) is 86.7 Å². The molecule has 4 unspecified atom stereocenters. The molecular formula is C70H66ClF4N10O10PS2. The number of rotatable bonds is 26. The number of aromatic nitrogens is 8. The largest absolute Gasteiger partial charge is 0.476 e. The zero-order valence-corrected chi connectivity index (χ0v) is 57.6. The molecule has 0 radical (unpaired) electrons. The average molecular weight is 1410 g/mol. The molecule has 0 aliphatic carbocycles. The Morgan fingerprint density at radius 2 is 1.01 bits per heavy atom. The fourth-order valence-corrected chi connectivity index (χ4v) is 14.2. The van der Waals surface area contributed by atoms with Gasteiger partial charge in [0.15, 0.2) is 13.6 Å². The minimum Gasteiger partial charge on any atom is -0.435 e. The molecule has 0 saturated heterocycles. The number of phosphoric acid groups is 1. The number of nitrogens with zero attached hydrogens (tertiary/aromatic N) is 10. The summed E-state index contributed by atoms with van der Waals surface area (Å²) in [4.78, 5) is 44.0. The summed E-state index contributed by atoms with van der Waals surface area (Å²) in [7, 11) is -4.04. The fraction of sp³-hybridized carbons (Fsp3) is 0.286. The second-order valence-electron chi connectivity index (χ2n) is 24.2. The summed E-state index contributed by atoms with van der Waals surface area (Å²) in [5.74, 6) is -5.89. The number of esters is 2. The van der Waals surface area contributed by atoms with Crippen LogP contribution >= 0.6 is 42.1 Å². The molecule has 0 spiro atoms. The molecule has 0 aliphatic heterocycles. The van der Waals surface area contributed by atoms with Gasteiger partial charge in [-0.25, -0.2) is 61.0 Å². The molecule has 508 valence electrons. The summed E-state index contributed by atoms with van der Waals surface area (Å²) >= 11 is 8.53. The van der Waals surface area contributed by atoms with Crippen LogP contribution in [0, 0.1) is 45.9 Å². The lowest BCUT2D eigenvalue weighted by molar-refractivity contribution is -0.148. The van der Waals surface area contributed by atoms with E-state index in [4.69, 9.17) is 59.3 Å². The van der Waals surface area contributed by atoms with Crippen LogP contribution in [0.4, 0.5) is 17.6 Å². The van der Waals surface area contributed by atoms with Crippen LogP contribution in [-0.2, 0) is 73.9 Å². The van der Waals surface area contributed by atoms with E-state index < -0.39 is 90.9 Å². The van der Waals surface area contributed by atoms with Crippen LogP contribution in [0.25, 0.3) is 22.5 Å². The van der Waals surface area contributed by atoms with Crippen LogP contribution in [-0.4, -0.2) is 76.2 Å². The Morgan fingerprint density at radius 1 is 0.592 bits per heavy atom. The van der Waals surface area contributed by atoms with Crippen LogP contribution in [0.3, 0.4) is 0 Å². The number of halogens is 5. The van der Waals surface area contributed by atoms with Gasteiger partial charge < -0.3 is 18.9 Å². The third-order valence-corrected chi connectivity index (χ3v) is 19.3. The maximum Gasteiger partial charge on any atom is 0.476 e. The van der Waals surface area contributed by atoms with Crippen molar-refractivity contribution in [3.8, 4) is 34.7 Å². The van der Waals surface area contributed by atoms with Gasteiger partial charge in [-0.15, -0.1) is 34.3 Å². The Hall–Kier alpha value is -9.18. The monoisotopic (exact) mass is 1410 g/mol. The summed E-state index contributed by atoms with van der Waals surface area (Å²) in [5.41, 5.74) is 0.530. The number of nitriles is 2. The number of benzene rings is 6. The van der Waals surface area contributed by atoms with E-state index >= 15 is 8.78 Å². The first kappa shape index (κ1) is 73.1. The number of hydrogen-bond acceptors (Lipinski definition) is 20. The molecule has 4 atom stereocenters. The second kappa shape index (κ2) is 32.0. The van der Waals surface area contributed by atoms with Gasteiger partial charge in [0.1, 0.15) is 59.8 Å². The first-order valence-electron chi connectivity index (χ1n) is 30.2. The summed E-state index contributed by atoms with van der Waals surface area (Å²) in [6.45, 7) is 12.3. The zero-order valence-electron chi connectivity index (χ0n) is 54.3. The van der Waals surface area contributed by atoms with Crippen LogP contribution < -0.4 is 0 Å². The summed E-state index contributed by atoms with van der Waals surface area (Å²) < 4.78 is 117. The maximum atomic E-state index is 15.9. The number of ether oxygens (including phenoxy) is 4. The number of alkyl halides is 1. The van der Waals surface area contributed by atoms with Gasteiger partial charge >= 0.3 is 19.8 Å². The Kier molecular flexibility index (Phi) is 23.9. The highest BCUT2D eigenvalue weighted by Crippen LogP contribution is 2.56. The molecule has 0 bridgehead atoms. The molecule has 28 heteroatoms. The van der Waals surface area contributed by atoms with E-state index in [0.29, 0.717) is 38.1 Å². The van der Waals surface area contributed by atoms with Gasteiger partial charge in [0.25, 0.3) is 0 Å². The van der Waals surface area contributed by atoms with Crippen molar-refractivity contribution in [1.29, 1.82) is 10.5 Å². The molecule has 4 aromatic heterocycles. The number of carbonyl (C=O) groups is 2. The van der Waals surface area contributed by atoms with Gasteiger partial charge in [-0.1, -0.05) is 74.5 Å². The Labute approximate surface area is 576 Å². The Bertz CT molecular complexity index is 4490. The van der Waals surface area contributed by atoms with E-state index in [1.54, 1.807) is 140 Å². The Morgan fingerprint density at radius 3 is 1.39 bits per heavy atom. The van der Waals surface area contributed by atoms with Crippen LogP contribution in [0.5, 0.6) is 0 Å². The number of carbonyl (C=O) groups excluding carboxylic acids is 2. The molecule has 20 nitrogen and oxygen atoms in total. The molecule has 4 heterocycles. The van der Waals surface area contributed by atoms with E-state index in [9.17, 15) is 28.2 Å². The summed E-state index contributed by atoms with van der Waals surface area (Å²) in [6, 6.07) is 37.4. The molecule has 10 rings (SSSR count). The number of phosphoric ester groups is 1. The molecule has 0 N–H and O–H groups in total. The van der Waals surface area contributed by atoms with E-state index in [0.717, 1.165) is 41.0 Å². The van der Waals surface area contributed by atoms with E-state index in [1.165, 1.54) is 81.6 Å². The van der Waals surface area contributed by atoms with E-state index in [-0.39, 0.29) is 47.8 Å². The van der Waals surface area contributed by atoms with E-state index in [1.807, 2.05) is 10.8 Å². The van der Waals surface area contributed by atoms with E-state index in [2.05, 4.69) is 32.3 Å². The van der Waals surface area contributed by atoms with Gasteiger partial charge in [-0.3, -0.25) is 13.6 Å². The number of hydrogen-bond donors (Lipinski definition) is 0. The minimum atomic E-state index is -4.04. The summed E-state index contributed by atoms with van der Waals surface area (Å²) in [6.07, 6.45) is 5.50. The molecule has 6 aromatic carbocycles. The lowest BCUT2D eigenvalue weighted by Crippen LogP contribution is -2.42. The highest BCUT2D eigenvalue weighted by molar-refractivity contribution is 7.48. The molecule has 0 fully saturated rings. The summed E-state index contributed by atoms with van der Waals surface area (Å²) in [5, 5.41) is 31.5. The molecule has 98 heavy (non-hydrogen) atoms. The van der Waals surface area contributed by atoms with Gasteiger partial charge in [-0.2, -0.15) is 20.7 Å². The van der Waals surface area contributed by atoms with Gasteiger partial charge in [0.2, 0.25) is 0 Å². The molecule has 0 aliphatic rings. The van der Waals surface area contributed by atoms with Crippen molar-refractivity contribution in [2.24, 2.45) is 0 Å². The second-order valence-corrected chi connectivity index (χ2v) is 27.8. The maximum absolute atomic E-state index is 15.9. The normalized spacial score (nSPS) is 13.6. The highest BCUT2D eigenvalue weighted by Gasteiger charge is 2.47. The predicted molar refractivity (Wildman–Crippen MR) is 357 cm³/mol. The lowest BCUT2D eigenvalue weighted by atomic mass is 9.81. The minimum absolute atomic E-state index is 0.0206. The van der Waals surface area contributed by atoms with Gasteiger partial charge in [0, 0.05) is 62.9 Å². The smallest absolute Gasteiger partial charge is 0.435 e. The number of thiazole rings is 2. The van der Waals surface area contributed by atoms with Crippen LogP contribution in [0.15, 0.2) is 170 Å². The average Bonchev–Trinajstić information content (AvgIpc) is 1.28. The predicted octanol–water partition coefficient (Wildman–Crippen LogP) is 16.2. The third-order valence-electron chi connectivity index (χ3n) is 15.0. The zero-order chi connectivity index (χ0) is 70.4. The highest BCUT2D eigenvalue weighted by atomic mass is 35.5. The SMILES string of the molecule is CC(c1nc(-c2ccc(C#N)cc2)cs1)C(Cn1cncn1)(OCOC(=O)c1cccc(CCl)c1)c1ccc(F)cc1F.CC(c1nc(-c2ccc(C#N)cc2)cs1)C(Cn1cncn1)(OCOC(=O)c1cccc(COP(=O)(OC(C)(C)C)OC(C)(C)C)c1)c1ccc(F)cc1F. The van der Waals surface area contributed by atoms with Crippen LogP contribution in [0.2, 0.25) is 0 Å². The first-order valence-corrected chi connectivity index (χ1v) is 34.0. The van der Waals surface area contributed by atoms with Crippen molar-refractivity contribution in [3.05, 3.63) is 247 Å². The van der Waals surface area contributed by atoms with Crippen molar-refractivity contribution < 1.29 is 64.2 Å². The standard InChI is InChI=1S/C39H42F2N5O7PS.C31H24ClF2N5O3S/c1-26(35-45-34(21-55-35)29-13-11-27(19-42)12-14-29)39(22-46-24-43-23-44-46,32-16-15-31(40)18-33(32)41)50-25-49-36(47)30-10-8-9-28(17-30)20-51-54(48,52-37(2,3)4)53-38(5,6)7;1-20(29-38-28(15-43-29)23-7-5-21(14-35)6-8-23)31(16-39-18-36-17-37-39,26-10-9-25(33)12-27(26)34)42-19-41-30(40)24-4-2-3-22(11-24)13-32/h8-18,21,23-24,26H,20,22,25H2,1-7H3;2-12,15,17-18,20H,13,16,19H2,1H3. The quantitative estimate of drug-likeness (QED) is 0.0161.